The van der Waals surface area contributed by atoms with Gasteiger partial charge in [0.2, 0.25) is 0 Å². The molecule has 0 amide bonds. The van der Waals surface area contributed by atoms with Crippen LogP contribution < -0.4 is 0 Å². The minimum absolute atomic E-state index is 0.147. The number of furan rings is 1. The zero-order valence-electron chi connectivity index (χ0n) is 21.8. The van der Waals surface area contributed by atoms with Crippen LogP contribution in [0.3, 0.4) is 0 Å². The van der Waals surface area contributed by atoms with Crippen molar-refractivity contribution in [1.29, 1.82) is 0 Å². The average molecular weight is 500 g/mol. The number of para-hydroxylation sites is 2. The molecule has 184 valence electrons. The van der Waals surface area contributed by atoms with Gasteiger partial charge in [-0.25, -0.2) is 0 Å². The van der Waals surface area contributed by atoms with Gasteiger partial charge in [-0.05, 0) is 70.1 Å². The van der Waals surface area contributed by atoms with Gasteiger partial charge in [0.1, 0.15) is 11.2 Å². The molecule has 2 heterocycles. The fraction of sp³-hybridized carbons (Fsp3) is 0.0811. The highest BCUT2D eigenvalue weighted by Gasteiger charge is 2.37. The van der Waals surface area contributed by atoms with Crippen LogP contribution in [0.4, 0.5) is 0 Å². The predicted octanol–water partition coefficient (Wildman–Crippen LogP) is 10.1. The van der Waals surface area contributed by atoms with Gasteiger partial charge in [0.05, 0.1) is 16.7 Å². The summed E-state index contributed by atoms with van der Waals surface area (Å²) in [5.41, 5.74) is 10.8. The number of aromatic nitrogens is 1. The van der Waals surface area contributed by atoms with Crippen LogP contribution in [0.15, 0.2) is 120 Å². The summed E-state index contributed by atoms with van der Waals surface area (Å²) in [6.45, 7) is 4.70. The van der Waals surface area contributed by atoms with Gasteiger partial charge in [0, 0.05) is 32.3 Å². The van der Waals surface area contributed by atoms with E-state index < -0.39 is 0 Å². The molecule has 9 rings (SSSR count). The SMILES string of the molecule is CC1(C)c2cc3oc4ccccc4c3cc2-c2cc3c4ccccc4n(-c4cccc5ccccc45)c3cc21. The van der Waals surface area contributed by atoms with Gasteiger partial charge in [-0.2, -0.15) is 0 Å². The molecule has 1 aliphatic rings. The zero-order chi connectivity index (χ0) is 25.9. The van der Waals surface area contributed by atoms with Gasteiger partial charge in [0.25, 0.3) is 0 Å². The summed E-state index contributed by atoms with van der Waals surface area (Å²) in [5, 5.41) is 7.45. The molecule has 0 radical (unpaired) electrons. The Morgan fingerprint density at radius 1 is 0.513 bits per heavy atom. The highest BCUT2D eigenvalue weighted by Crippen LogP contribution is 2.53. The van der Waals surface area contributed by atoms with E-state index >= 15 is 0 Å². The lowest BCUT2D eigenvalue weighted by molar-refractivity contribution is 0.647. The molecule has 8 aromatic rings. The molecule has 39 heavy (non-hydrogen) atoms. The lowest BCUT2D eigenvalue weighted by Gasteiger charge is -2.22. The Bertz CT molecular complexity index is 2310. The molecule has 0 spiro atoms. The molecule has 2 heteroatoms. The lowest BCUT2D eigenvalue weighted by atomic mass is 9.82. The normalized spacial score (nSPS) is 14.1. The Balaban J connectivity index is 1.40. The van der Waals surface area contributed by atoms with Gasteiger partial charge in [-0.15, -0.1) is 0 Å². The maximum Gasteiger partial charge on any atom is 0.135 e. The Hall–Kier alpha value is -4.82. The second-order valence-electron chi connectivity index (χ2n) is 11.4. The van der Waals surface area contributed by atoms with Gasteiger partial charge in [-0.3, -0.25) is 0 Å². The van der Waals surface area contributed by atoms with E-state index in [-0.39, 0.29) is 5.41 Å². The van der Waals surface area contributed by atoms with Crippen molar-refractivity contribution in [2.45, 2.75) is 19.3 Å². The largest absolute Gasteiger partial charge is 0.456 e. The zero-order valence-corrected chi connectivity index (χ0v) is 21.8. The first-order valence-electron chi connectivity index (χ1n) is 13.6. The van der Waals surface area contributed by atoms with Crippen molar-refractivity contribution in [2.75, 3.05) is 0 Å². The van der Waals surface area contributed by atoms with E-state index in [1.165, 1.54) is 71.3 Å². The van der Waals surface area contributed by atoms with Gasteiger partial charge >= 0.3 is 0 Å². The summed E-state index contributed by atoms with van der Waals surface area (Å²) in [5.74, 6) is 0. The Kier molecular flexibility index (Phi) is 3.89. The van der Waals surface area contributed by atoms with E-state index in [2.05, 4.69) is 128 Å². The van der Waals surface area contributed by atoms with Crippen LogP contribution in [-0.2, 0) is 5.41 Å². The van der Waals surface area contributed by atoms with Crippen LogP contribution in [0.5, 0.6) is 0 Å². The lowest BCUT2D eigenvalue weighted by Crippen LogP contribution is -2.15. The minimum Gasteiger partial charge on any atom is -0.456 e. The van der Waals surface area contributed by atoms with Gasteiger partial charge < -0.3 is 8.98 Å². The molecule has 2 nitrogen and oxygen atoms in total. The first-order chi connectivity index (χ1) is 19.1. The van der Waals surface area contributed by atoms with Crippen molar-refractivity contribution in [2.24, 2.45) is 0 Å². The van der Waals surface area contributed by atoms with Crippen molar-refractivity contribution in [3.05, 3.63) is 126 Å². The van der Waals surface area contributed by atoms with Crippen molar-refractivity contribution in [1.82, 2.24) is 4.57 Å². The molecule has 0 bridgehead atoms. The third kappa shape index (κ3) is 2.66. The number of rotatable bonds is 1. The minimum atomic E-state index is -0.147. The molecule has 1 aliphatic carbocycles. The van der Waals surface area contributed by atoms with E-state index in [1.807, 2.05) is 6.07 Å². The highest BCUT2D eigenvalue weighted by atomic mass is 16.3. The summed E-state index contributed by atoms with van der Waals surface area (Å²) in [6, 6.07) is 42.0. The van der Waals surface area contributed by atoms with Crippen molar-refractivity contribution < 1.29 is 4.42 Å². The van der Waals surface area contributed by atoms with Crippen LogP contribution in [0.25, 0.3) is 71.3 Å². The number of nitrogens with zero attached hydrogens (tertiary/aromatic N) is 1. The quantitative estimate of drug-likeness (QED) is 0.220. The first-order valence-corrected chi connectivity index (χ1v) is 13.6. The second kappa shape index (κ2) is 7.18. The monoisotopic (exact) mass is 499 g/mol. The molecule has 6 aromatic carbocycles. The van der Waals surface area contributed by atoms with E-state index in [0.29, 0.717) is 0 Å². The second-order valence-corrected chi connectivity index (χ2v) is 11.4. The molecule has 0 aliphatic heterocycles. The number of hydrogen-bond donors (Lipinski definition) is 0. The van der Waals surface area contributed by atoms with Crippen LogP contribution in [0, 0.1) is 0 Å². The van der Waals surface area contributed by atoms with Crippen molar-refractivity contribution in [3.63, 3.8) is 0 Å². The van der Waals surface area contributed by atoms with Crippen molar-refractivity contribution in [3.8, 4) is 16.8 Å². The standard InChI is InChI=1S/C37H25NO/c1-37(2)30-20-34-28(18-26(30)27-19-29-25-14-6-8-17-35(25)39-36(29)21-31(27)37)24-13-5-7-15-33(24)38(34)32-16-9-11-22-10-3-4-12-23(22)32/h3-21H,1-2H3. The Morgan fingerprint density at radius 3 is 2.05 bits per heavy atom. The van der Waals surface area contributed by atoms with Gasteiger partial charge in [0.15, 0.2) is 0 Å². The Morgan fingerprint density at radius 2 is 1.18 bits per heavy atom. The van der Waals surface area contributed by atoms with Crippen LogP contribution in [-0.4, -0.2) is 4.57 Å². The van der Waals surface area contributed by atoms with E-state index in [4.69, 9.17) is 4.42 Å². The van der Waals surface area contributed by atoms with E-state index in [1.54, 1.807) is 0 Å². The summed E-state index contributed by atoms with van der Waals surface area (Å²) in [6.07, 6.45) is 0. The molecule has 2 aromatic heterocycles. The third-order valence-electron chi connectivity index (χ3n) is 8.97. The topological polar surface area (TPSA) is 18.1 Å². The van der Waals surface area contributed by atoms with Crippen LogP contribution >= 0.6 is 0 Å². The number of benzene rings is 6. The molecule has 0 saturated heterocycles. The average Bonchev–Trinajstić information content (AvgIpc) is 3.56. The summed E-state index contributed by atoms with van der Waals surface area (Å²) < 4.78 is 8.77. The van der Waals surface area contributed by atoms with Crippen LogP contribution in [0.2, 0.25) is 0 Å². The maximum atomic E-state index is 6.30. The molecular weight excluding hydrogens is 474 g/mol. The maximum absolute atomic E-state index is 6.30. The fourth-order valence-corrected chi connectivity index (χ4v) is 7.07. The van der Waals surface area contributed by atoms with E-state index in [9.17, 15) is 0 Å². The van der Waals surface area contributed by atoms with E-state index in [0.717, 1.165) is 11.2 Å². The molecule has 0 unspecified atom stereocenters. The highest BCUT2D eigenvalue weighted by molar-refractivity contribution is 6.14. The molecule has 0 saturated carbocycles. The Labute approximate surface area is 225 Å². The summed E-state index contributed by atoms with van der Waals surface area (Å²) in [4.78, 5) is 0. The molecule has 0 fully saturated rings. The molecule has 0 atom stereocenters. The molecule has 0 N–H and O–H groups in total. The number of hydrogen-bond acceptors (Lipinski definition) is 1. The van der Waals surface area contributed by atoms with Gasteiger partial charge in [-0.1, -0.05) is 86.6 Å². The van der Waals surface area contributed by atoms with Crippen molar-refractivity contribution >= 4 is 54.5 Å². The molecular formula is C37H25NO. The predicted molar refractivity (Wildman–Crippen MR) is 163 cm³/mol. The summed E-state index contributed by atoms with van der Waals surface area (Å²) >= 11 is 0. The smallest absolute Gasteiger partial charge is 0.135 e. The fourth-order valence-electron chi connectivity index (χ4n) is 7.07. The number of fused-ring (bicyclic) bond motifs is 10. The first kappa shape index (κ1) is 21.2. The summed E-state index contributed by atoms with van der Waals surface area (Å²) in [7, 11) is 0. The third-order valence-corrected chi connectivity index (χ3v) is 8.97. The van der Waals surface area contributed by atoms with Crippen LogP contribution in [0.1, 0.15) is 25.0 Å².